The van der Waals surface area contributed by atoms with Crippen LogP contribution >= 0.6 is 24.0 Å². The highest BCUT2D eigenvalue weighted by Gasteiger charge is 2.27. The topological polar surface area (TPSA) is 46.1 Å². The van der Waals surface area contributed by atoms with Gasteiger partial charge in [0, 0.05) is 33.8 Å². The van der Waals surface area contributed by atoms with Crippen molar-refractivity contribution in [2.24, 2.45) is 10.9 Å². The maximum Gasteiger partial charge on any atom is 0.411 e. The molecule has 1 aliphatic carbocycles. The van der Waals surface area contributed by atoms with E-state index in [-0.39, 0.29) is 30.6 Å². The first kappa shape index (κ1) is 25.0. The zero-order chi connectivity index (χ0) is 19.7. The van der Waals surface area contributed by atoms with Gasteiger partial charge in [0.25, 0.3) is 0 Å². The Bertz CT molecular complexity index is 593. The molecule has 160 valence electrons. The van der Waals surface area contributed by atoms with Crippen LogP contribution in [0.1, 0.15) is 24.0 Å². The molecular formula is C19H29F3IN3O2. The van der Waals surface area contributed by atoms with Gasteiger partial charge in [-0.05, 0) is 29.9 Å². The molecule has 1 aliphatic rings. The van der Waals surface area contributed by atoms with E-state index in [1.165, 1.54) is 12.8 Å². The number of guanidine groups is 1. The molecule has 5 nitrogen and oxygen atoms in total. The molecule has 28 heavy (non-hydrogen) atoms. The molecule has 0 radical (unpaired) electrons. The lowest BCUT2D eigenvalue weighted by molar-refractivity contribution is -0.176. The average Bonchev–Trinajstić information content (AvgIpc) is 3.44. The summed E-state index contributed by atoms with van der Waals surface area (Å²) in [6, 6.07) is 7.27. The molecule has 0 atom stereocenters. The normalized spacial score (nSPS) is 14.5. The lowest BCUT2D eigenvalue weighted by Gasteiger charge is -2.22. The molecule has 1 N–H and O–H groups in total. The molecule has 9 heteroatoms. The maximum absolute atomic E-state index is 12.1. The van der Waals surface area contributed by atoms with Crippen LogP contribution in [-0.2, 0) is 22.6 Å². The summed E-state index contributed by atoms with van der Waals surface area (Å²) in [5.41, 5.74) is 1.71. The number of nitrogens with zero attached hydrogens (tertiary/aromatic N) is 2. The molecule has 1 aromatic rings. The Morgan fingerprint density at radius 1 is 1.18 bits per heavy atom. The molecule has 1 saturated carbocycles. The third-order valence-corrected chi connectivity index (χ3v) is 4.20. The number of ether oxygens (including phenoxy) is 2. The molecule has 0 heterocycles. The number of likely N-dealkylation sites (N-methyl/N-ethyl adjacent to an activating group) is 1. The van der Waals surface area contributed by atoms with Crippen molar-refractivity contribution < 1.29 is 22.6 Å². The number of hydrogen-bond acceptors (Lipinski definition) is 3. The van der Waals surface area contributed by atoms with Gasteiger partial charge in [0.15, 0.2) is 5.96 Å². The Morgan fingerprint density at radius 3 is 2.39 bits per heavy atom. The fraction of sp³-hybridized carbons (Fsp3) is 0.632. The Kier molecular flexibility index (Phi) is 11.1. The summed E-state index contributed by atoms with van der Waals surface area (Å²) in [6.45, 7) is 1.55. The zero-order valence-corrected chi connectivity index (χ0v) is 18.6. The van der Waals surface area contributed by atoms with Crippen molar-refractivity contribution in [1.29, 1.82) is 0 Å². The number of aliphatic imine (C=N–C) groups is 1. The van der Waals surface area contributed by atoms with Crippen LogP contribution in [0.4, 0.5) is 13.2 Å². The van der Waals surface area contributed by atoms with Gasteiger partial charge in [0.1, 0.15) is 6.61 Å². The SMILES string of the molecule is CN=C(NCc1ccc(COCC(F)(F)F)cc1)N(C)CCOCC1CC1.I. The van der Waals surface area contributed by atoms with Crippen molar-refractivity contribution in [2.45, 2.75) is 32.2 Å². The van der Waals surface area contributed by atoms with Crippen molar-refractivity contribution in [3.8, 4) is 0 Å². The lowest BCUT2D eigenvalue weighted by Crippen LogP contribution is -2.40. The smallest absolute Gasteiger partial charge is 0.379 e. The summed E-state index contributed by atoms with van der Waals surface area (Å²) in [4.78, 5) is 6.27. The summed E-state index contributed by atoms with van der Waals surface area (Å²) in [5, 5.41) is 3.27. The van der Waals surface area contributed by atoms with Crippen LogP contribution in [-0.4, -0.2) is 57.5 Å². The van der Waals surface area contributed by atoms with Crippen molar-refractivity contribution in [3.63, 3.8) is 0 Å². The van der Waals surface area contributed by atoms with Crippen molar-refractivity contribution in [1.82, 2.24) is 10.2 Å². The van der Waals surface area contributed by atoms with Crippen LogP contribution in [0, 0.1) is 5.92 Å². The van der Waals surface area contributed by atoms with Gasteiger partial charge in [0.2, 0.25) is 0 Å². The fourth-order valence-corrected chi connectivity index (χ4v) is 2.45. The molecule has 0 saturated heterocycles. The van der Waals surface area contributed by atoms with Gasteiger partial charge >= 0.3 is 6.18 Å². The summed E-state index contributed by atoms with van der Waals surface area (Å²) in [7, 11) is 3.68. The van der Waals surface area contributed by atoms with E-state index in [1.54, 1.807) is 19.2 Å². The van der Waals surface area contributed by atoms with Crippen molar-refractivity contribution in [3.05, 3.63) is 35.4 Å². The van der Waals surface area contributed by atoms with Crippen LogP contribution in [0.25, 0.3) is 0 Å². The molecule has 0 aromatic heterocycles. The van der Waals surface area contributed by atoms with E-state index < -0.39 is 12.8 Å². The van der Waals surface area contributed by atoms with E-state index in [9.17, 15) is 13.2 Å². The Hall–Kier alpha value is -1.07. The number of alkyl halides is 3. The Labute approximate surface area is 181 Å². The van der Waals surface area contributed by atoms with E-state index in [0.29, 0.717) is 18.7 Å². The van der Waals surface area contributed by atoms with Crippen molar-refractivity contribution >= 4 is 29.9 Å². The molecule has 0 aliphatic heterocycles. The predicted octanol–water partition coefficient (Wildman–Crippen LogP) is 3.82. The molecule has 0 unspecified atom stereocenters. The van der Waals surface area contributed by atoms with E-state index >= 15 is 0 Å². The van der Waals surface area contributed by atoms with E-state index in [4.69, 9.17) is 4.74 Å². The van der Waals surface area contributed by atoms with Gasteiger partial charge in [-0.2, -0.15) is 13.2 Å². The first-order chi connectivity index (χ1) is 12.9. The van der Waals surface area contributed by atoms with Gasteiger partial charge in [-0.25, -0.2) is 0 Å². The number of hydrogen-bond donors (Lipinski definition) is 1. The standard InChI is InChI=1S/C19H28F3N3O2.HI/c1-23-18(25(2)9-10-26-12-16-7-8-16)24-11-15-3-5-17(6-4-15)13-27-14-19(20,21)22;/h3-6,16H,7-14H2,1-2H3,(H,23,24);1H. The minimum absolute atomic E-state index is 0. The van der Waals surface area contributed by atoms with Gasteiger partial charge < -0.3 is 19.7 Å². The molecular weight excluding hydrogens is 486 g/mol. The highest BCUT2D eigenvalue weighted by Crippen LogP contribution is 2.28. The summed E-state index contributed by atoms with van der Waals surface area (Å²) in [6.07, 6.45) is -1.73. The molecule has 0 bridgehead atoms. The maximum atomic E-state index is 12.1. The summed E-state index contributed by atoms with van der Waals surface area (Å²) in [5.74, 6) is 1.53. The first-order valence-electron chi connectivity index (χ1n) is 9.09. The number of nitrogens with one attached hydrogen (secondary N) is 1. The summed E-state index contributed by atoms with van der Waals surface area (Å²) >= 11 is 0. The molecule has 1 aromatic carbocycles. The quantitative estimate of drug-likeness (QED) is 0.223. The van der Waals surface area contributed by atoms with E-state index in [2.05, 4.69) is 15.0 Å². The molecule has 1 fully saturated rings. The average molecular weight is 515 g/mol. The Morgan fingerprint density at radius 2 is 1.82 bits per heavy atom. The van der Waals surface area contributed by atoms with Crippen LogP contribution in [0.3, 0.4) is 0 Å². The third-order valence-electron chi connectivity index (χ3n) is 4.20. The number of halogens is 4. The van der Waals surface area contributed by atoms with Gasteiger partial charge in [0.05, 0.1) is 13.2 Å². The second-order valence-corrected chi connectivity index (χ2v) is 6.77. The second kappa shape index (κ2) is 12.5. The summed E-state index contributed by atoms with van der Waals surface area (Å²) < 4.78 is 46.5. The Balaban J connectivity index is 0.00000392. The van der Waals surface area contributed by atoms with Crippen LogP contribution in [0.2, 0.25) is 0 Å². The monoisotopic (exact) mass is 515 g/mol. The highest BCUT2D eigenvalue weighted by molar-refractivity contribution is 14.0. The van der Waals surface area contributed by atoms with Crippen LogP contribution in [0.15, 0.2) is 29.3 Å². The highest BCUT2D eigenvalue weighted by atomic mass is 127. The van der Waals surface area contributed by atoms with Gasteiger partial charge in [-0.15, -0.1) is 24.0 Å². The first-order valence-corrected chi connectivity index (χ1v) is 9.09. The molecule has 2 rings (SSSR count). The van der Waals surface area contributed by atoms with Crippen LogP contribution < -0.4 is 5.32 Å². The predicted molar refractivity (Wildman–Crippen MR) is 114 cm³/mol. The van der Waals surface area contributed by atoms with Gasteiger partial charge in [-0.3, -0.25) is 4.99 Å². The zero-order valence-electron chi connectivity index (χ0n) is 16.3. The number of benzene rings is 1. The molecule has 0 amide bonds. The largest absolute Gasteiger partial charge is 0.411 e. The van der Waals surface area contributed by atoms with Crippen molar-refractivity contribution in [2.75, 3.05) is 40.5 Å². The minimum atomic E-state index is -4.30. The lowest BCUT2D eigenvalue weighted by atomic mass is 10.1. The fourth-order valence-electron chi connectivity index (χ4n) is 2.45. The molecule has 0 spiro atoms. The minimum Gasteiger partial charge on any atom is -0.379 e. The van der Waals surface area contributed by atoms with E-state index in [1.807, 2.05) is 24.1 Å². The second-order valence-electron chi connectivity index (χ2n) is 6.77. The van der Waals surface area contributed by atoms with Gasteiger partial charge in [-0.1, -0.05) is 24.3 Å². The van der Waals surface area contributed by atoms with Crippen LogP contribution in [0.5, 0.6) is 0 Å². The number of rotatable bonds is 10. The van der Waals surface area contributed by atoms with E-state index in [0.717, 1.165) is 30.6 Å². The third kappa shape index (κ3) is 10.5.